The van der Waals surface area contributed by atoms with Gasteiger partial charge >= 0.3 is 0 Å². The first kappa shape index (κ1) is 12.2. The molecule has 4 heteroatoms. The van der Waals surface area contributed by atoms with Crippen molar-refractivity contribution in [3.8, 4) is 5.75 Å². The third-order valence-corrected chi connectivity index (χ3v) is 3.88. The Bertz CT molecular complexity index is 544. The van der Waals surface area contributed by atoms with E-state index in [0.29, 0.717) is 6.61 Å². The lowest BCUT2D eigenvalue weighted by Crippen LogP contribution is -2.03. The van der Waals surface area contributed by atoms with Gasteiger partial charge in [0.15, 0.2) is 0 Å². The molecule has 1 heterocycles. The molecule has 19 heavy (non-hydrogen) atoms. The Labute approximate surface area is 113 Å². The third kappa shape index (κ3) is 2.78. The summed E-state index contributed by atoms with van der Waals surface area (Å²) in [5.74, 6) is 1.66. The monoisotopic (exact) mass is 257 g/mol. The zero-order valence-electron chi connectivity index (χ0n) is 11.2. The largest absolute Gasteiger partial charge is 0.487 e. The Balaban J connectivity index is 1.67. The molecule has 1 aromatic heterocycles. The van der Waals surface area contributed by atoms with Gasteiger partial charge in [0.1, 0.15) is 12.4 Å². The third-order valence-electron chi connectivity index (χ3n) is 3.88. The molecule has 0 aliphatic heterocycles. The first-order valence-electron chi connectivity index (χ1n) is 6.89. The predicted molar refractivity (Wildman–Crippen MR) is 73.0 cm³/mol. The van der Waals surface area contributed by atoms with Crippen LogP contribution in [0.5, 0.6) is 5.75 Å². The molecule has 0 bridgehead atoms. The van der Waals surface area contributed by atoms with Gasteiger partial charge in [-0.1, -0.05) is 30.2 Å². The summed E-state index contributed by atoms with van der Waals surface area (Å²) in [4.78, 5) is 0. The summed E-state index contributed by atoms with van der Waals surface area (Å²) in [7, 11) is 1.88. The number of nitrogens with zero attached hydrogens (tertiary/aromatic N) is 3. The summed E-state index contributed by atoms with van der Waals surface area (Å²) < 4.78 is 7.57. The molecule has 0 atom stereocenters. The van der Waals surface area contributed by atoms with Crippen LogP contribution in [0.25, 0.3) is 0 Å². The number of aryl methyl sites for hydroxylation is 1. The van der Waals surface area contributed by atoms with Crippen molar-refractivity contribution in [2.24, 2.45) is 7.05 Å². The van der Waals surface area contributed by atoms with E-state index in [2.05, 4.69) is 28.5 Å². The Kier molecular flexibility index (Phi) is 3.49. The van der Waals surface area contributed by atoms with Crippen molar-refractivity contribution in [2.75, 3.05) is 0 Å². The number of ether oxygens (including phenoxy) is 1. The van der Waals surface area contributed by atoms with Crippen molar-refractivity contribution in [1.82, 2.24) is 15.0 Å². The molecule has 0 N–H and O–H groups in total. The maximum atomic E-state index is 5.83. The summed E-state index contributed by atoms with van der Waals surface area (Å²) >= 11 is 0. The fraction of sp³-hybridized carbons (Fsp3) is 0.467. The van der Waals surface area contributed by atoms with Gasteiger partial charge in [0.05, 0.1) is 11.9 Å². The van der Waals surface area contributed by atoms with Gasteiger partial charge in [-0.25, -0.2) is 4.68 Å². The predicted octanol–water partition coefficient (Wildman–Crippen LogP) is 3.05. The zero-order valence-corrected chi connectivity index (χ0v) is 11.2. The van der Waals surface area contributed by atoms with Crippen molar-refractivity contribution in [3.63, 3.8) is 0 Å². The molecule has 3 rings (SSSR count). The van der Waals surface area contributed by atoms with E-state index in [-0.39, 0.29) is 0 Å². The van der Waals surface area contributed by atoms with E-state index in [1.54, 1.807) is 10.9 Å². The van der Waals surface area contributed by atoms with Crippen molar-refractivity contribution in [1.29, 1.82) is 0 Å². The summed E-state index contributed by atoms with van der Waals surface area (Å²) in [6.45, 7) is 0.512. The molecule has 0 spiro atoms. The minimum absolute atomic E-state index is 0.512. The number of rotatable bonds is 4. The van der Waals surface area contributed by atoms with Gasteiger partial charge in [-0.3, -0.25) is 0 Å². The molecular formula is C15H19N3O. The molecule has 1 fully saturated rings. The lowest BCUT2D eigenvalue weighted by molar-refractivity contribution is 0.294. The van der Waals surface area contributed by atoms with E-state index in [0.717, 1.165) is 17.4 Å². The second-order valence-corrected chi connectivity index (χ2v) is 5.19. The van der Waals surface area contributed by atoms with E-state index in [1.807, 2.05) is 13.1 Å². The van der Waals surface area contributed by atoms with E-state index in [1.165, 1.54) is 31.2 Å². The second-order valence-electron chi connectivity index (χ2n) is 5.19. The summed E-state index contributed by atoms with van der Waals surface area (Å²) in [5, 5.41) is 7.74. The molecule has 1 aromatic carbocycles. The van der Waals surface area contributed by atoms with E-state index >= 15 is 0 Å². The summed E-state index contributed by atoms with van der Waals surface area (Å²) in [5.41, 5.74) is 2.39. The highest BCUT2D eigenvalue weighted by atomic mass is 16.5. The molecule has 2 aromatic rings. The van der Waals surface area contributed by atoms with Gasteiger partial charge in [0.2, 0.25) is 0 Å². The van der Waals surface area contributed by atoms with E-state index < -0.39 is 0 Å². The van der Waals surface area contributed by atoms with Gasteiger partial charge in [-0.05, 0) is 36.5 Å². The van der Waals surface area contributed by atoms with Crippen molar-refractivity contribution in [2.45, 2.75) is 38.2 Å². The highest BCUT2D eigenvalue weighted by Gasteiger charge is 2.17. The molecule has 1 saturated carbocycles. The number of hydrogen-bond acceptors (Lipinski definition) is 3. The smallest absolute Gasteiger partial charge is 0.132 e. The normalized spacial score (nSPS) is 15.8. The van der Waals surface area contributed by atoms with E-state index in [9.17, 15) is 0 Å². The van der Waals surface area contributed by atoms with Crippen molar-refractivity contribution in [3.05, 3.63) is 41.7 Å². The van der Waals surface area contributed by atoms with Crippen LogP contribution in [0.15, 0.2) is 30.5 Å². The topological polar surface area (TPSA) is 39.9 Å². The molecule has 1 aliphatic rings. The van der Waals surface area contributed by atoms with Crippen LogP contribution in [-0.4, -0.2) is 15.0 Å². The fourth-order valence-electron chi connectivity index (χ4n) is 2.72. The Morgan fingerprint density at radius 1 is 1.32 bits per heavy atom. The Morgan fingerprint density at radius 2 is 2.16 bits per heavy atom. The Morgan fingerprint density at radius 3 is 2.89 bits per heavy atom. The van der Waals surface area contributed by atoms with Gasteiger partial charge in [0.25, 0.3) is 0 Å². The number of aromatic nitrogens is 3. The average Bonchev–Trinajstić information content (AvgIpc) is 3.08. The standard InChI is InChI=1S/C15H19N3O/c1-18-14(10-16-17-18)11-19-15-8-4-7-13(9-15)12-5-2-3-6-12/h4,7-10,12H,2-3,5-6,11H2,1H3. The van der Waals surface area contributed by atoms with Crippen LogP contribution in [0.2, 0.25) is 0 Å². The fourth-order valence-corrected chi connectivity index (χ4v) is 2.72. The lowest BCUT2D eigenvalue weighted by atomic mass is 9.98. The van der Waals surface area contributed by atoms with Crippen molar-refractivity contribution < 1.29 is 4.74 Å². The van der Waals surface area contributed by atoms with Crippen LogP contribution < -0.4 is 4.74 Å². The van der Waals surface area contributed by atoms with Crippen LogP contribution in [0.1, 0.15) is 42.9 Å². The molecular weight excluding hydrogens is 238 g/mol. The number of hydrogen-bond donors (Lipinski definition) is 0. The van der Waals surface area contributed by atoms with E-state index in [4.69, 9.17) is 4.74 Å². The number of benzene rings is 1. The van der Waals surface area contributed by atoms with Gasteiger partial charge < -0.3 is 4.74 Å². The minimum Gasteiger partial charge on any atom is -0.487 e. The summed E-state index contributed by atoms with van der Waals surface area (Å²) in [6.07, 6.45) is 7.08. The average molecular weight is 257 g/mol. The molecule has 4 nitrogen and oxygen atoms in total. The lowest BCUT2D eigenvalue weighted by Gasteiger charge is -2.12. The molecule has 0 saturated heterocycles. The second kappa shape index (κ2) is 5.43. The molecule has 0 amide bonds. The molecule has 0 unspecified atom stereocenters. The molecule has 0 radical (unpaired) electrons. The van der Waals surface area contributed by atoms with Gasteiger partial charge in [-0.15, -0.1) is 5.10 Å². The quantitative estimate of drug-likeness (QED) is 0.845. The highest BCUT2D eigenvalue weighted by molar-refractivity contribution is 5.31. The minimum atomic E-state index is 0.512. The highest BCUT2D eigenvalue weighted by Crippen LogP contribution is 2.35. The SMILES string of the molecule is Cn1nncc1COc1cccc(C2CCCC2)c1. The summed E-state index contributed by atoms with van der Waals surface area (Å²) in [6, 6.07) is 8.50. The first-order valence-corrected chi connectivity index (χ1v) is 6.89. The van der Waals surface area contributed by atoms with Crippen LogP contribution in [0.4, 0.5) is 0 Å². The van der Waals surface area contributed by atoms with Crippen LogP contribution in [-0.2, 0) is 13.7 Å². The van der Waals surface area contributed by atoms with Crippen LogP contribution in [0.3, 0.4) is 0 Å². The van der Waals surface area contributed by atoms with Gasteiger partial charge in [-0.2, -0.15) is 0 Å². The van der Waals surface area contributed by atoms with Crippen molar-refractivity contribution >= 4 is 0 Å². The molecule has 1 aliphatic carbocycles. The Hall–Kier alpha value is -1.84. The van der Waals surface area contributed by atoms with Crippen LogP contribution >= 0.6 is 0 Å². The first-order chi connectivity index (χ1) is 9.33. The molecule has 100 valence electrons. The maximum Gasteiger partial charge on any atom is 0.132 e. The van der Waals surface area contributed by atoms with Gasteiger partial charge in [0, 0.05) is 7.05 Å². The maximum absolute atomic E-state index is 5.83. The van der Waals surface area contributed by atoms with Crippen LogP contribution in [0, 0.1) is 0 Å². The zero-order chi connectivity index (χ0) is 13.1.